The fourth-order valence-electron chi connectivity index (χ4n) is 2.72. The Morgan fingerprint density at radius 1 is 0.429 bits per heavy atom. The molecule has 0 unspecified atom stereocenters. The van der Waals surface area contributed by atoms with Crippen LogP contribution in [0.5, 0.6) is 0 Å². The molecule has 0 fully saturated rings. The molecule has 1 aliphatic heterocycles. The third kappa shape index (κ3) is 2.13. The summed E-state index contributed by atoms with van der Waals surface area (Å²) in [6.45, 7) is 0. The van der Waals surface area contributed by atoms with Gasteiger partial charge in [-0.3, -0.25) is 0 Å². The number of benzene rings is 3. The lowest BCUT2D eigenvalue weighted by molar-refractivity contribution is 1.45. The zero-order valence-electron chi connectivity index (χ0n) is 11.6. The summed E-state index contributed by atoms with van der Waals surface area (Å²) in [5.41, 5.74) is 6.34. The molecule has 0 aromatic heterocycles. The van der Waals surface area contributed by atoms with E-state index in [1.807, 2.05) is 0 Å². The Balaban J connectivity index is 1.81. The molecular formula is C20H15N. The fourth-order valence-corrected chi connectivity index (χ4v) is 2.72. The number of anilines is 1. The summed E-state index contributed by atoms with van der Waals surface area (Å²) in [5, 5.41) is 0. The van der Waals surface area contributed by atoms with E-state index in [0.717, 1.165) is 0 Å². The van der Waals surface area contributed by atoms with Crippen molar-refractivity contribution in [3.05, 3.63) is 102 Å². The smallest absolute Gasteiger partial charge is 0.0782 e. The SMILES string of the molecule is c1ccc(C2=C(c3ccccc3)N2c2ccccc2)cc1. The molecule has 1 heterocycles. The molecule has 1 aliphatic rings. The number of hydrogen-bond acceptors (Lipinski definition) is 1. The number of hydrogen-bond donors (Lipinski definition) is 0. The van der Waals surface area contributed by atoms with Gasteiger partial charge in [0.25, 0.3) is 0 Å². The largest absolute Gasteiger partial charge is 0.305 e. The van der Waals surface area contributed by atoms with Crippen LogP contribution in [0, 0.1) is 0 Å². The van der Waals surface area contributed by atoms with Crippen LogP contribution in [-0.4, -0.2) is 0 Å². The standard InChI is InChI=1S/C20H15N/c1-4-10-16(11-5-1)19-20(17-12-6-2-7-13-17)21(19)18-14-8-3-9-15-18/h1-15H. The third-order valence-electron chi connectivity index (χ3n) is 3.73. The van der Waals surface area contributed by atoms with E-state index in [1.54, 1.807) is 0 Å². The van der Waals surface area contributed by atoms with Gasteiger partial charge in [-0.2, -0.15) is 0 Å². The van der Waals surface area contributed by atoms with Crippen LogP contribution < -0.4 is 4.90 Å². The van der Waals surface area contributed by atoms with Gasteiger partial charge in [-0.25, -0.2) is 0 Å². The minimum atomic E-state index is 1.22. The second kappa shape index (κ2) is 4.95. The van der Waals surface area contributed by atoms with Crippen molar-refractivity contribution in [3.8, 4) is 0 Å². The summed E-state index contributed by atoms with van der Waals surface area (Å²) in [6, 6.07) is 31.7. The Morgan fingerprint density at radius 3 is 1.24 bits per heavy atom. The summed E-state index contributed by atoms with van der Waals surface area (Å²) in [4.78, 5) is 2.32. The van der Waals surface area contributed by atoms with Gasteiger partial charge in [0.15, 0.2) is 0 Å². The molecule has 1 nitrogen and oxygen atoms in total. The first-order valence-corrected chi connectivity index (χ1v) is 7.15. The lowest BCUT2D eigenvalue weighted by atomic mass is 10.1. The highest BCUT2D eigenvalue weighted by Gasteiger charge is 2.36. The van der Waals surface area contributed by atoms with Crippen LogP contribution in [0.15, 0.2) is 91.0 Å². The van der Waals surface area contributed by atoms with Crippen molar-refractivity contribution in [2.75, 3.05) is 4.90 Å². The molecule has 0 aliphatic carbocycles. The van der Waals surface area contributed by atoms with Gasteiger partial charge in [-0.15, -0.1) is 0 Å². The molecule has 21 heavy (non-hydrogen) atoms. The van der Waals surface area contributed by atoms with Gasteiger partial charge in [0.2, 0.25) is 0 Å². The molecule has 1 heteroatoms. The average Bonchev–Trinajstić information content (AvgIpc) is 3.33. The maximum absolute atomic E-state index is 2.32. The normalized spacial score (nSPS) is 13.4. The van der Waals surface area contributed by atoms with Crippen LogP contribution in [0.3, 0.4) is 0 Å². The van der Waals surface area contributed by atoms with E-state index in [4.69, 9.17) is 0 Å². The maximum atomic E-state index is 2.32. The first-order valence-electron chi connectivity index (χ1n) is 7.15. The Morgan fingerprint density at radius 2 is 0.810 bits per heavy atom. The number of para-hydroxylation sites is 1. The highest BCUT2D eigenvalue weighted by molar-refractivity contribution is 6.20. The quantitative estimate of drug-likeness (QED) is 0.644. The lowest BCUT2D eigenvalue weighted by Gasteiger charge is -2.08. The second-order valence-electron chi connectivity index (χ2n) is 5.10. The second-order valence-corrected chi connectivity index (χ2v) is 5.10. The van der Waals surface area contributed by atoms with Crippen LogP contribution >= 0.6 is 0 Å². The molecule has 0 N–H and O–H groups in total. The molecule has 0 atom stereocenters. The minimum Gasteiger partial charge on any atom is -0.305 e. The van der Waals surface area contributed by atoms with Gasteiger partial charge in [0.1, 0.15) is 0 Å². The van der Waals surface area contributed by atoms with E-state index < -0.39 is 0 Å². The molecular weight excluding hydrogens is 254 g/mol. The molecule has 3 aromatic carbocycles. The molecule has 0 radical (unpaired) electrons. The monoisotopic (exact) mass is 269 g/mol. The summed E-state index contributed by atoms with van der Waals surface area (Å²) >= 11 is 0. The van der Waals surface area contributed by atoms with E-state index in [2.05, 4.69) is 95.9 Å². The topological polar surface area (TPSA) is 3.01 Å². The van der Waals surface area contributed by atoms with Gasteiger partial charge in [-0.1, -0.05) is 78.9 Å². The molecule has 0 saturated carbocycles. The first kappa shape index (κ1) is 12.0. The highest BCUT2D eigenvalue weighted by Crippen LogP contribution is 2.49. The van der Waals surface area contributed by atoms with Crippen molar-refractivity contribution in [2.24, 2.45) is 0 Å². The van der Waals surface area contributed by atoms with Gasteiger partial charge in [0.05, 0.1) is 11.4 Å². The summed E-state index contributed by atoms with van der Waals surface area (Å²) < 4.78 is 0. The summed E-state index contributed by atoms with van der Waals surface area (Å²) in [5.74, 6) is 0. The van der Waals surface area contributed by atoms with Crippen LogP contribution in [0.1, 0.15) is 11.1 Å². The summed E-state index contributed by atoms with van der Waals surface area (Å²) in [6.07, 6.45) is 0. The Bertz CT molecular complexity index is 724. The van der Waals surface area contributed by atoms with Crippen molar-refractivity contribution in [1.82, 2.24) is 0 Å². The number of rotatable bonds is 3. The van der Waals surface area contributed by atoms with Gasteiger partial charge in [0, 0.05) is 16.8 Å². The average molecular weight is 269 g/mol. The van der Waals surface area contributed by atoms with E-state index in [1.165, 1.54) is 28.2 Å². The minimum absolute atomic E-state index is 1.22. The van der Waals surface area contributed by atoms with E-state index >= 15 is 0 Å². The van der Waals surface area contributed by atoms with Crippen molar-refractivity contribution < 1.29 is 0 Å². The summed E-state index contributed by atoms with van der Waals surface area (Å²) in [7, 11) is 0. The lowest BCUT2D eigenvalue weighted by Crippen LogP contribution is -1.97. The molecule has 0 saturated heterocycles. The van der Waals surface area contributed by atoms with E-state index in [-0.39, 0.29) is 0 Å². The van der Waals surface area contributed by atoms with Crippen molar-refractivity contribution in [2.45, 2.75) is 0 Å². The predicted molar refractivity (Wildman–Crippen MR) is 88.6 cm³/mol. The van der Waals surface area contributed by atoms with Crippen LogP contribution in [-0.2, 0) is 0 Å². The molecule has 0 amide bonds. The van der Waals surface area contributed by atoms with Crippen molar-refractivity contribution in [3.63, 3.8) is 0 Å². The number of nitrogens with zero attached hydrogens (tertiary/aromatic N) is 1. The molecule has 3 aromatic rings. The van der Waals surface area contributed by atoms with E-state index in [0.29, 0.717) is 0 Å². The van der Waals surface area contributed by atoms with Crippen LogP contribution in [0.2, 0.25) is 0 Å². The first-order chi connectivity index (χ1) is 10.4. The predicted octanol–water partition coefficient (Wildman–Crippen LogP) is 5.03. The maximum Gasteiger partial charge on any atom is 0.0782 e. The molecule has 0 bridgehead atoms. The van der Waals surface area contributed by atoms with Crippen molar-refractivity contribution >= 4 is 17.1 Å². The Kier molecular flexibility index (Phi) is 2.82. The van der Waals surface area contributed by atoms with Crippen molar-refractivity contribution in [1.29, 1.82) is 0 Å². The molecule has 0 spiro atoms. The Hall–Kier alpha value is -2.80. The third-order valence-corrected chi connectivity index (χ3v) is 3.73. The van der Waals surface area contributed by atoms with Gasteiger partial charge < -0.3 is 4.90 Å². The van der Waals surface area contributed by atoms with Crippen LogP contribution in [0.4, 0.5) is 5.69 Å². The molecule has 4 rings (SSSR count). The molecule has 100 valence electrons. The highest BCUT2D eigenvalue weighted by atomic mass is 15.3. The van der Waals surface area contributed by atoms with E-state index in [9.17, 15) is 0 Å². The van der Waals surface area contributed by atoms with Crippen LogP contribution in [0.25, 0.3) is 11.4 Å². The van der Waals surface area contributed by atoms with Gasteiger partial charge >= 0.3 is 0 Å². The Labute approximate surface area is 124 Å². The zero-order valence-corrected chi connectivity index (χ0v) is 11.6. The fraction of sp³-hybridized carbons (Fsp3) is 0. The zero-order chi connectivity index (χ0) is 14.1. The van der Waals surface area contributed by atoms with Gasteiger partial charge in [-0.05, 0) is 12.1 Å².